The second-order valence-electron chi connectivity index (χ2n) is 11.1. The van der Waals surface area contributed by atoms with E-state index in [-0.39, 0.29) is 23.8 Å². The number of hydrogen-bond donors (Lipinski definition) is 3. The zero-order chi connectivity index (χ0) is 28.3. The predicted octanol–water partition coefficient (Wildman–Crippen LogP) is 4.22. The summed E-state index contributed by atoms with van der Waals surface area (Å²) in [5, 5.41) is 20.2. The lowest BCUT2D eigenvalue weighted by atomic mass is 9.69. The zero-order valence-electron chi connectivity index (χ0n) is 22.5. The number of aliphatic hydroxyl groups is 2. The molecular weight excluding hydrogens is 552 g/mol. The van der Waals surface area contributed by atoms with Gasteiger partial charge in [0.2, 0.25) is 10.0 Å². The van der Waals surface area contributed by atoms with Gasteiger partial charge in [0.25, 0.3) is 5.91 Å². The number of rotatable bonds is 1. The first-order valence-electron chi connectivity index (χ1n) is 14.0. The molecule has 2 aromatic rings. The Bertz CT molecular complexity index is 1360. The average molecular weight is 589 g/mol. The highest BCUT2D eigenvalue weighted by molar-refractivity contribution is 7.90. The number of anilines is 1. The van der Waals surface area contributed by atoms with Gasteiger partial charge < -0.3 is 19.8 Å². The fraction of sp³-hybridized carbons (Fsp3) is 0.500. The minimum absolute atomic E-state index is 0.0401. The molecule has 0 spiro atoms. The number of allylic oxidation sites excluding steroid dienone is 1. The molecular formula is C30H37ClN2O6S. The Labute approximate surface area is 241 Å². The minimum atomic E-state index is -4.14. The van der Waals surface area contributed by atoms with Gasteiger partial charge in [-0.3, -0.25) is 4.79 Å². The maximum Gasteiger partial charge on any atom is 0.264 e. The standard InChI is InChI=1S/C30H37ClN2O6S/c31-24-11-8-23-19-39-29-13-10-21-16-27(29)33(14-4-3-5-20(23)15-24)17-22-9-12-26(22)28(35)7-2-1-6-25(18-34)40(37,38)32-30(21)36/h1-2,8,10-11,13,15-16,22,25-26,28,34-35H,3-7,9,12,14,17-19H2,(H,32,36)/b2-1+/t22-,25-,26+,28-/m0/s1. The number of sulfonamides is 1. The van der Waals surface area contributed by atoms with Gasteiger partial charge in [0.05, 0.1) is 18.4 Å². The molecule has 3 N–H and O–H groups in total. The molecule has 1 aliphatic carbocycles. The van der Waals surface area contributed by atoms with Crippen molar-refractivity contribution in [2.24, 2.45) is 11.8 Å². The van der Waals surface area contributed by atoms with Gasteiger partial charge in [0.15, 0.2) is 0 Å². The first-order chi connectivity index (χ1) is 19.2. The highest BCUT2D eigenvalue weighted by Gasteiger charge is 2.37. The van der Waals surface area contributed by atoms with Crippen molar-refractivity contribution in [2.45, 2.75) is 62.9 Å². The van der Waals surface area contributed by atoms with E-state index in [9.17, 15) is 23.4 Å². The van der Waals surface area contributed by atoms with Gasteiger partial charge in [-0.2, -0.15) is 0 Å². The Balaban J connectivity index is 1.53. The third-order valence-electron chi connectivity index (χ3n) is 8.48. The molecule has 216 valence electrons. The van der Waals surface area contributed by atoms with Gasteiger partial charge in [0, 0.05) is 23.7 Å². The molecule has 0 aromatic heterocycles. The number of hydrogen-bond acceptors (Lipinski definition) is 7. The molecule has 10 heteroatoms. The lowest BCUT2D eigenvalue weighted by molar-refractivity contribution is 0.0180. The van der Waals surface area contributed by atoms with E-state index in [1.165, 1.54) is 0 Å². The van der Waals surface area contributed by atoms with Crippen molar-refractivity contribution in [3.05, 3.63) is 70.3 Å². The summed E-state index contributed by atoms with van der Waals surface area (Å²) in [5.74, 6) is 0.281. The Hall–Kier alpha value is -2.59. The highest BCUT2D eigenvalue weighted by Crippen LogP contribution is 2.41. The van der Waals surface area contributed by atoms with Gasteiger partial charge >= 0.3 is 0 Å². The van der Waals surface area contributed by atoms with Crippen LogP contribution >= 0.6 is 11.6 Å². The number of carbonyl (C=O) groups excluding carboxylic acids is 1. The Morgan fingerprint density at radius 2 is 1.88 bits per heavy atom. The van der Waals surface area contributed by atoms with E-state index < -0.39 is 33.9 Å². The summed E-state index contributed by atoms with van der Waals surface area (Å²) in [6.45, 7) is 1.14. The fourth-order valence-corrected chi connectivity index (χ4v) is 7.22. The monoisotopic (exact) mass is 588 g/mol. The normalized spacial score (nSPS) is 28.0. The largest absolute Gasteiger partial charge is 0.487 e. The van der Waals surface area contributed by atoms with Crippen LogP contribution in [-0.4, -0.2) is 55.6 Å². The van der Waals surface area contributed by atoms with Crippen molar-refractivity contribution in [1.29, 1.82) is 0 Å². The molecule has 1 amide bonds. The van der Waals surface area contributed by atoms with Crippen molar-refractivity contribution in [1.82, 2.24) is 4.72 Å². The van der Waals surface area contributed by atoms with Crippen molar-refractivity contribution < 1.29 is 28.2 Å². The van der Waals surface area contributed by atoms with E-state index in [2.05, 4.69) is 9.62 Å². The molecule has 2 heterocycles. The van der Waals surface area contributed by atoms with Crippen LogP contribution in [-0.2, 0) is 23.1 Å². The maximum absolute atomic E-state index is 13.2. The van der Waals surface area contributed by atoms with Crippen LogP contribution in [0, 0.1) is 11.8 Å². The van der Waals surface area contributed by atoms with Crippen LogP contribution in [0.2, 0.25) is 5.02 Å². The molecule has 0 saturated heterocycles. The molecule has 1 fully saturated rings. The zero-order valence-corrected chi connectivity index (χ0v) is 24.0. The summed E-state index contributed by atoms with van der Waals surface area (Å²) in [4.78, 5) is 15.4. The van der Waals surface area contributed by atoms with Gasteiger partial charge in [-0.15, -0.1) is 0 Å². The van der Waals surface area contributed by atoms with Crippen LogP contribution in [0.5, 0.6) is 5.75 Å². The lowest BCUT2D eigenvalue weighted by Crippen LogP contribution is -2.44. The number of ether oxygens (including phenoxy) is 1. The number of nitrogens with one attached hydrogen (secondary N) is 1. The van der Waals surface area contributed by atoms with Gasteiger partial charge in [-0.1, -0.05) is 29.8 Å². The van der Waals surface area contributed by atoms with Crippen LogP contribution in [0.15, 0.2) is 48.6 Å². The van der Waals surface area contributed by atoms with Crippen molar-refractivity contribution in [2.75, 3.05) is 24.6 Å². The molecule has 8 nitrogen and oxygen atoms in total. The predicted molar refractivity (Wildman–Crippen MR) is 155 cm³/mol. The number of aliphatic hydroxyl groups excluding tert-OH is 2. The van der Waals surface area contributed by atoms with Crippen LogP contribution in [0.25, 0.3) is 0 Å². The number of benzene rings is 2. The van der Waals surface area contributed by atoms with Crippen LogP contribution < -0.4 is 14.4 Å². The third-order valence-corrected chi connectivity index (χ3v) is 10.4. The third kappa shape index (κ3) is 6.48. The Morgan fingerprint density at radius 1 is 1.05 bits per heavy atom. The van der Waals surface area contributed by atoms with Crippen molar-refractivity contribution >= 4 is 33.2 Å². The minimum Gasteiger partial charge on any atom is -0.487 e. The first kappa shape index (κ1) is 28.9. The summed E-state index contributed by atoms with van der Waals surface area (Å²) >= 11 is 6.28. The van der Waals surface area contributed by atoms with Crippen molar-refractivity contribution in [3.63, 3.8) is 0 Å². The number of halogens is 1. The maximum atomic E-state index is 13.2. The van der Waals surface area contributed by atoms with Gasteiger partial charge in [0.1, 0.15) is 17.6 Å². The molecule has 40 heavy (non-hydrogen) atoms. The topological polar surface area (TPSA) is 116 Å². The highest BCUT2D eigenvalue weighted by atomic mass is 35.5. The molecule has 4 atom stereocenters. The second kappa shape index (κ2) is 12.5. The Kier molecular flexibility index (Phi) is 9.05. The number of amides is 1. The lowest BCUT2D eigenvalue weighted by Gasteiger charge is -2.43. The molecule has 5 rings (SSSR count). The molecule has 2 aliphatic heterocycles. The molecule has 3 aliphatic rings. The smallest absolute Gasteiger partial charge is 0.264 e. The van der Waals surface area contributed by atoms with E-state index in [0.29, 0.717) is 30.3 Å². The second-order valence-corrected chi connectivity index (χ2v) is 13.5. The summed E-state index contributed by atoms with van der Waals surface area (Å²) in [6, 6.07) is 10.8. The molecule has 2 bridgehead atoms. The van der Waals surface area contributed by atoms with E-state index in [1.807, 2.05) is 18.2 Å². The number of carbonyl (C=O) groups is 1. The first-order valence-corrected chi connectivity index (χ1v) is 16.0. The average Bonchev–Trinajstić information content (AvgIpc) is 2.93. The Morgan fingerprint density at radius 3 is 2.65 bits per heavy atom. The van der Waals surface area contributed by atoms with E-state index in [1.54, 1.807) is 30.4 Å². The molecule has 0 unspecified atom stereocenters. The SMILES string of the molecule is O=C1NS(=O)(=O)[C@H](CO)C/C=C/C[C@H](O)[C@@H]2CC[C@H]2CN2CCCCc3cc(Cl)ccc3COc3ccc1cc32. The van der Waals surface area contributed by atoms with Crippen LogP contribution in [0.1, 0.15) is 60.0 Å². The molecule has 1 saturated carbocycles. The van der Waals surface area contributed by atoms with Gasteiger partial charge in [-0.25, -0.2) is 13.1 Å². The van der Waals surface area contributed by atoms with Gasteiger partial charge in [-0.05, 0) is 98.2 Å². The summed E-state index contributed by atoms with van der Waals surface area (Å²) in [5.41, 5.74) is 3.13. The number of nitrogens with zero attached hydrogens (tertiary/aromatic N) is 1. The quantitative estimate of drug-likeness (QED) is 0.427. The fourth-order valence-electron chi connectivity index (χ4n) is 5.92. The van der Waals surface area contributed by atoms with E-state index in [0.717, 1.165) is 55.5 Å². The molecule has 0 radical (unpaired) electrons. The number of aryl methyl sites for hydroxylation is 1. The summed E-state index contributed by atoms with van der Waals surface area (Å²) in [7, 11) is -4.14. The summed E-state index contributed by atoms with van der Waals surface area (Å²) in [6.07, 6.45) is 8.02. The van der Waals surface area contributed by atoms with Crippen LogP contribution in [0.3, 0.4) is 0 Å². The van der Waals surface area contributed by atoms with E-state index >= 15 is 0 Å². The van der Waals surface area contributed by atoms with E-state index in [4.69, 9.17) is 16.3 Å². The number of fused-ring (bicyclic) bond motifs is 3. The summed E-state index contributed by atoms with van der Waals surface area (Å²) < 4.78 is 34.4. The van der Waals surface area contributed by atoms with Crippen LogP contribution in [0.4, 0.5) is 5.69 Å². The van der Waals surface area contributed by atoms with Crippen molar-refractivity contribution in [3.8, 4) is 5.75 Å². The molecule has 2 aromatic carbocycles.